The fraction of sp³-hybridized carbons (Fsp3) is 0.200. The molecule has 0 aliphatic carbocycles. The van der Waals surface area contributed by atoms with Gasteiger partial charge in [-0.25, -0.2) is 0 Å². The van der Waals surface area contributed by atoms with Gasteiger partial charge in [0.05, 0.1) is 11.0 Å². The molecule has 27 heavy (non-hydrogen) atoms. The van der Waals surface area contributed by atoms with Gasteiger partial charge in [-0.2, -0.15) is 0 Å². The first-order chi connectivity index (χ1) is 13.2. The molecule has 2 heterocycles. The van der Waals surface area contributed by atoms with Crippen molar-refractivity contribution in [3.8, 4) is 16.5 Å². The Kier molecular flexibility index (Phi) is 5.42. The van der Waals surface area contributed by atoms with Crippen LogP contribution in [0.4, 0.5) is 0 Å². The number of ether oxygens (including phenoxy) is 1. The molecule has 4 aromatic rings. The molecule has 1 atom stereocenters. The highest BCUT2D eigenvalue weighted by molar-refractivity contribution is 7.99. The Morgan fingerprint density at radius 2 is 1.96 bits per heavy atom. The molecule has 5 nitrogen and oxygen atoms in total. The van der Waals surface area contributed by atoms with Crippen LogP contribution < -0.4 is 4.74 Å². The van der Waals surface area contributed by atoms with Gasteiger partial charge in [-0.05, 0) is 34.4 Å². The fourth-order valence-electron chi connectivity index (χ4n) is 2.73. The van der Waals surface area contributed by atoms with Crippen LogP contribution in [-0.4, -0.2) is 38.3 Å². The number of thioether (sulfide) groups is 1. The Bertz CT molecular complexity index is 1030. The quantitative estimate of drug-likeness (QED) is 0.473. The van der Waals surface area contributed by atoms with Gasteiger partial charge < -0.3 is 14.4 Å². The predicted molar refractivity (Wildman–Crippen MR) is 110 cm³/mol. The van der Waals surface area contributed by atoms with E-state index in [9.17, 15) is 5.11 Å². The largest absolute Gasteiger partial charge is 0.491 e. The smallest absolute Gasteiger partial charge is 0.191 e. The maximum atomic E-state index is 10.3. The Morgan fingerprint density at radius 3 is 2.78 bits per heavy atom. The second-order valence-corrected chi connectivity index (χ2v) is 8.06. The van der Waals surface area contributed by atoms with E-state index < -0.39 is 6.10 Å². The molecule has 4 rings (SSSR count). The van der Waals surface area contributed by atoms with Crippen LogP contribution in [0.2, 0.25) is 0 Å². The molecule has 0 radical (unpaired) electrons. The van der Waals surface area contributed by atoms with Crippen molar-refractivity contribution in [2.45, 2.75) is 11.3 Å². The van der Waals surface area contributed by atoms with Crippen molar-refractivity contribution in [3.63, 3.8) is 0 Å². The van der Waals surface area contributed by atoms with Crippen LogP contribution in [-0.2, 0) is 7.05 Å². The molecule has 2 aromatic heterocycles. The molecular formula is C20H19N3O2S2. The Labute approximate surface area is 165 Å². The van der Waals surface area contributed by atoms with E-state index >= 15 is 0 Å². The summed E-state index contributed by atoms with van der Waals surface area (Å²) in [6.45, 7) is 0.237. The van der Waals surface area contributed by atoms with Crippen molar-refractivity contribution >= 4 is 33.9 Å². The summed E-state index contributed by atoms with van der Waals surface area (Å²) in [5.41, 5.74) is 0. The Morgan fingerprint density at radius 1 is 1.11 bits per heavy atom. The predicted octanol–water partition coefficient (Wildman–Crippen LogP) is 4.23. The summed E-state index contributed by atoms with van der Waals surface area (Å²) in [5, 5.41) is 23.8. The lowest BCUT2D eigenvalue weighted by molar-refractivity contribution is 0.126. The van der Waals surface area contributed by atoms with Crippen molar-refractivity contribution in [1.82, 2.24) is 14.8 Å². The van der Waals surface area contributed by atoms with E-state index in [0.29, 0.717) is 5.75 Å². The minimum atomic E-state index is -0.594. The summed E-state index contributed by atoms with van der Waals surface area (Å²) in [7, 11) is 1.94. The number of hydrogen-bond donors (Lipinski definition) is 1. The van der Waals surface area contributed by atoms with Gasteiger partial charge in [0.25, 0.3) is 0 Å². The minimum absolute atomic E-state index is 0.237. The lowest BCUT2D eigenvalue weighted by Crippen LogP contribution is -2.20. The molecule has 1 N–H and O–H groups in total. The van der Waals surface area contributed by atoms with Gasteiger partial charge in [-0.3, -0.25) is 0 Å². The zero-order chi connectivity index (χ0) is 18.6. The highest BCUT2D eigenvalue weighted by atomic mass is 32.2. The summed E-state index contributed by atoms with van der Waals surface area (Å²) >= 11 is 3.11. The monoisotopic (exact) mass is 397 g/mol. The minimum Gasteiger partial charge on any atom is -0.491 e. The molecule has 0 bridgehead atoms. The maximum Gasteiger partial charge on any atom is 0.191 e. The molecule has 0 amide bonds. The normalized spacial score (nSPS) is 12.4. The first-order valence-corrected chi connectivity index (χ1v) is 10.4. The lowest BCUT2D eigenvalue weighted by Gasteiger charge is -2.12. The maximum absolute atomic E-state index is 10.3. The van der Waals surface area contributed by atoms with Gasteiger partial charge in [-0.1, -0.05) is 48.2 Å². The highest BCUT2D eigenvalue weighted by Gasteiger charge is 2.14. The lowest BCUT2D eigenvalue weighted by atomic mass is 10.1. The zero-order valence-corrected chi connectivity index (χ0v) is 16.4. The third-order valence-corrected chi connectivity index (χ3v) is 6.18. The van der Waals surface area contributed by atoms with E-state index in [2.05, 4.69) is 16.3 Å². The van der Waals surface area contributed by atoms with E-state index in [1.54, 1.807) is 11.3 Å². The number of thiophene rings is 1. The highest BCUT2D eigenvalue weighted by Crippen LogP contribution is 2.26. The molecule has 0 aliphatic rings. The zero-order valence-electron chi connectivity index (χ0n) is 14.8. The third-order valence-electron chi connectivity index (χ3n) is 4.14. The van der Waals surface area contributed by atoms with Crippen LogP contribution in [0.5, 0.6) is 5.75 Å². The van der Waals surface area contributed by atoms with E-state index in [0.717, 1.165) is 27.0 Å². The summed E-state index contributed by atoms with van der Waals surface area (Å²) < 4.78 is 7.71. The molecule has 0 saturated heterocycles. The van der Waals surface area contributed by atoms with Crippen LogP contribution in [0, 0.1) is 0 Å². The Balaban J connectivity index is 1.32. The number of nitrogens with zero attached hydrogens (tertiary/aromatic N) is 3. The van der Waals surface area contributed by atoms with Crippen molar-refractivity contribution in [2.75, 3.05) is 12.4 Å². The second kappa shape index (κ2) is 8.12. The molecule has 0 saturated carbocycles. The molecular weight excluding hydrogens is 378 g/mol. The molecule has 1 unspecified atom stereocenters. The number of aliphatic hydroxyl groups excluding tert-OH is 1. The molecule has 0 spiro atoms. The first-order valence-electron chi connectivity index (χ1n) is 8.56. The molecule has 7 heteroatoms. The van der Waals surface area contributed by atoms with Crippen LogP contribution in [0.15, 0.2) is 65.1 Å². The van der Waals surface area contributed by atoms with Crippen molar-refractivity contribution < 1.29 is 9.84 Å². The second-order valence-electron chi connectivity index (χ2n) is 6.13. The third kappa shape index (κ3) is 4.16. The topological polar surface area (TPSA) is 60.2 Å². The van der Waals surface area contributed by atoms with E-state index in [1.165, 1.54) is 17.1 Å². The molecule has 2 aromatic carbocycles. The average molecular weight is 398 g/mol. The van der Waals surface area contributed by atoms with E-state index in [-0.39, 0.29) is 6.61 Å². The molecule has 138 valence electrons. The number of benzene rings is 2. The fourth-order valence-corrected chi connectivity index (χ4v) is 4.29. The standard InChI is InChI=1S/C20H19N3O2S2/c1-23-19(18-7-4-10-26-18)21-22-20(23)27-13-16(24)12-25-17-9-8-14-5-2-3-6-15(14)11-17/h2-11,16,24H,12-13H2,1H3. The van der Waals surface area contributed by atoms with Gasteiger partial charge in [0.15, 0.2) is 11.0 Å². The summed E-state index contributed by atoms with van der Waals surface area (Å²) in [6, 6.07) is 18.1. The summed E-state index contributed by atoms with van der Waals surface area (Å²) in [6.07, 6.45) is -0.594. The van der Waals surface area contributed by atoms with Crippen LogP contribution in [0.3, 0.4) is 0 Å². The first kappa shape index (κ1) is 18.0. The van der Waals surface area contributed by atoms with Crippen LogP contribution in [0.1, 0.15) is 0 Å². The van der Waals surface area contributed by atoms with Crippen molar-refractivity contribution in [3.05, 3.63) is 60.0 Å². The number of hydrogen-bond acceptors (Lipinski definition) is 6. The Hall–Kier alpha value is -2.35. The number of aromatic nitrogens is 3. The van der Waals surface area contributed by atoms with Gasteiger partial charge in [0, 0.05) is 12.8 Å². The SMILES string of the molecule is Cn1c(SCC(O)COc2ccc3ccccc3c2)nnc1-c1cccs1. The van der Waals surface area contributed by atoms with Crippen LogP contribution >= 0.6 is 23.1 Å². The molecule has 0 fully saturated rings. The summed E-state index contributed by atoms with van der Waals surface area (Å²) in [4.78, 5) is 1.08. The molecule has 0 aliphatic heterocycles. The van der Waals surface area contributed by atoms with Gasteiger partial charge in [0.2, 0.25) is 0 Å². The van der Waals surface area contributed by atoms with Crippen LogP contribution in [0.25, 0.3) is 21.5 Å². The van der Waals surface area contributed by atoms with Gasteiger partial charge >= 0.3 is 0 Å². The number of aliphatic hydroxyl groups is 1. The summed E-state index contributed by atoms with van der Waals surface area (Å²) in [5.74, 6) is 2.09. The van der Waals surface area contributed by atoms with E-state index in [4.69, 9.17) is 4.74 Å². The van der Waals surface area contributed by atoms with Gasteiger partial charge in [0.1, 0.15) is 12.4 Å². The average Bonchev–Trinajstić information content (AvgIpc) is 3.34. The van der Waals surface area contributed by atoms with Crippen molar-refractivity contribution in [2.24, 2.45) is 7.05 Å². The number of rotatable bonds is 7. The van der Waals surface area contributed by atoms with E-state index in [1.807, 2.05) is 65.5 Å². The number of fused-ring (bicyclic) bond motifs is 1. The van der Waals surface area contributed by atoms with Gasteiger partial charge in [-0.15, -0.1) is 21.5 Å². The van der Waals surface area contributed by atoms with Crippen molar-refractivity contribution in [1.29, 1.82) is 0 Å².